The van der Waals surface area contributed by atoms with Gasteiger partial charge in [0.2, 0.25) is 0 Å². The highest BCUT2D eigenvalue weighted by Gasteiger charge is 2.32. The van der Waals surface area contributed by atoms with Crippen molar-refractivity contribution in [3.8, 4) is 0 Å². The first kappa shape index (κ1) is 12.0. The number of hydrogen-bond donors (Lipinski definition) is 0. The minimum Gasteiger partial charge on any atom is -0.374 e. The molecule has 0 aliphatic carbocycles. The molecular weight excluding hydrogens is 231 g/mol. The second-order valence-electron chi connectivity index (χ2n) is 4.18. The number of fused-ring (bicyclic) bond motifs is 1. The summed E-state index contributed by atoms with van der Waals surface area (Å²) in [5.41, 5.74) is 0.000208. The van der Waals surface area contributed by atoms with Crippen LogP contribution < -0.4 is 4.90 Å². The van der Waals surface area contributed by atoms with E-state index in [2.05, 4.69) is 0 Å². The molecule has 0 N–H and O–H groups in total. The van der Waals surface area contributed by atoms with Crippen LogP contribution in [0.25, 0.3) is 0 Å². The Bertz CT molecular complexity index is 454. The Morgan fingerprint density at radius 1 is 1.29 bits per heavy atom. The maximum Gasteiger partial charge on any atom is 0.416 e. The van der Waals surface area contributed by atoms with E-state index in [9.17, 15) is 18.0 Å². The van der Waals surface area contributed by atoms with Crippen molar-refractivity contribution in [3.05, 3.63) is 29.3 Å². The molecular formula is C12H12F3NO. The topological polar surface area (TPSA) is 20.3 Å². The van der Waals surface area contributed by atoms with Crippen LogP contribution in [0.1, 0.15) is 28.8 Å². The summed E-state index contributed by atoms with van der Waals surface area (Å²) in [6.07, 6.45) is -3.43. The zero-order chi connectivity index (χ0) is 12.6. The highest BCUT2D eigenvalue weighted by molar-refractivity contribution is 6.02. The Balaban J connectivity index is 2.53. The van der Waals surface area contributed by atoms with E-state index in [1.165, 1.54) is 6.07 Å². The molecule has 2 rings (SSSR count). The largest absolute Gasteiger partial charge is 0.416 e. The lowest BCUT2D eigenvalue weighted by molar-refractivity contribution is -0.137. The Morgan fingerprint density at radius 3 is 2.65 bits per heavy atom. The van der Waals surface area contributed by atoms with Crippen molar-refractivity contribution in [2.75, 3.05) is 18.5 Å². The van der Waals surface area contributed by atoms with Crippen molar-refractivity contribution >= 4 is 11.5 Å². The fourth-order valence-corrected chi connectivity index (χ4v) is 2.00. The van der Waals surface area contributed by atoms with Gasteiger partial charge in [-0.25, -0.2) is 0 Å². The lowest BCUT2D eigenvalue weighted by Crippen LogP contribution is -2.18. The molecule has 0 fully saturated rings. The molecule has 0 spiro atoms. The summed E-state index contributed by atoms with van der Waals surface area (Å²) >= 11 is 0. The van der Waals surface area contributed by atoms with Gasteiger partial charge < -0.3 is 4.90 Å². The summed E-state index contributed by atoms with van der Waals surface area (Å²) in [4.78, 5) is 13.6. The summed E-state index contributed by atoms with van der Waals surface area (Å²) in [7, 11) is 1.78. The van der Waals surface area contributed by atoms with Gasteiger partial charge in [-0.05, 0) is 24.6 Å². The van der Waals surface area contributed by atoms with Gasteiger partial charge in [-0.1, -0.05) is 0 Å². The van der Waals surface area contributed by atoms with Gasteiger partial charge >= 0.3 is 6.18 Å². The van der Waals surface area contributed by atoms with Crippen molar-refractivity contribution in [1.82, 2.24) is 0 Å². The van der Waals surface area contributed by atoms with Crippen molar-refractivity contribution in [2.45, 2.75) is 19.0 Å². The molecule has 0 bridgehead atoms. The highest BCUT2D eigenvalue weighted by atomic mass is 19.4. The van der Waals surface area contributed by atoms with Crippen LogP contribution in [-0.4, -0.2) is 19.4 Å². The maximum atomic E-state index is 12.6. The van der Waals surface area contributed by atoms with Gasteiger partial charge in [0.15, 0.2) is 5.78 Å². The van der Waals surface area contributed by atoms with Gasteiger partial charge in [0.1, 0.15) is 0 Å². The molecule has 5 heteroatoms. The third kappa shape index (κ3) is 2.28. The average Bonchev–Trinajstić information content (AvgIpc) is 2.39. The van der Waals surface area contributed by atoms with Crippen molar-refractivity contribution in [2.24, 2.45) is 0 Å². The molecule has 0 saturated heterocycles. The Morgan fingerprint density at radius 2 is 2.00 bits per heavy atom. The SMILES string of the molecule is CN1CCCC(=O)c2cc(C(F)(F)F)ccc21. The van der Waals surface area contributed by atoms with E-state index in [0.29, 0.717) is 25.1 Å². The predicted octanol–water partition coefficient (Wildman–Crippen LogP) is 3.12. The second kappa shape index (κ2) is 4.05. The highest BCUT2D eigenvalue weighted by Crippen LogP contribution is 2.34. The van der Waals surface area contributed by atoms with E-state index < -0.39 is 11.7 Å². The molecule has 1 aromatic carbocycles. The third-order valence-corrected chi connectivity index (χ3v) is 2.93. The van der Waals surface area contributed by atoms with E-state index in [0.717, 1.165) is 12.1 Å². The molecule has 0 amide bonds. The van der Waals surface area contributed by atoms with E-state index >= 15 is 0 Å². The average molecular weight is 243 g/mol. The Kier molecular flexibility index (Phi) is 2.85. The summed E-state index contributed by atoms with van der Waals surface area (Å²) in [6.45, 7) is 0.685. The second-order valence-corrected chi connectivity index (χ2v) is 4.18. The van der Waals surface area contributed by atoms with Crippen LogP contribution in [0, 0.1) is 0 Å². The van der Waals surface area contributed by atoms with Gasteiger partial charge in [0.05, 0.1) is 5.56 Å². The standard InChI is InChI=1S/C12H12F3NO/c1-16-6-2-3-11(17)9-7-8(12(13,14)15)4-5-10(9)16/h4-5,7H,2-3,6H2,1H3. The molecule has 2 nitrogen and oxygen atoms in total. The molecule has 1 aromatic rings. The smallest absolute Gasteiger partial charge is 0.374 e. The molecule has 1 aliphatic rings. The number of carbonyl (C=O) groups excluding carboxylic acids is 1. The third-order valence-electron chi connectivity index (χ3n) is 2.93. The molecule has 0 unspecified atom stereocenters. The molecule has 0 saturated carbocycles. The molecule has 1 aliphatic heterocycles. The number of hydrogen-bond acceptors (Lipinski definition) is 2. The van der Waals surface area contributed by atoms with E-state index in [4.69, 9.17) is 0 Å². The Hall–Kier alpha value is -1.52. The van der Waals surface area contributed by atoms with Crippen molar-refractivity contribution < 1.29 is 18.0 Å². The van der Waals surface area contributed by atoms with Crippen LogP contribution in [0.5, 0.6) is 0 Å². The summed E-state index contributed by atoms with van der Waals surface area (Å²) in [6, 6.07) is 3.36. The minimum atomic E-state index is -4.40. The number of rotatable bonds is 0. The van der Waals surface area contributed by atoms with Gasteiger partial charge in [-0.15, -0.1) is 0 Å². The maximum absolute atomic E-state index is 12.6. The van der Waals surface area contributed by atoms with Crippen LogP contribution >= 0.6 is 0 Å². The van der Waals surface area contributed by atoms with E-state index in [1.807, 2.05) is 4.90 Å². The predicted molar refractivity (Wildman–Crippen MR) is 58.3 cm³/mol. The number of anilines is 1. The fraction of sp³-hybridized carbons (Fsp3) is 0.417. The number of Topliss-reactive ketones (excluding diaryl/α,β-unsaturated/α-hetero) is 1. The van der Waals surface area contributed by atoms with Crippen LogP contribution in [-0.2, 0) is 6.18 Å². The number of nitrogens with zero attached hydrogens (tertiary/aromatic N) is 1. The van der Waals surface area contributed by atoms with Gasteiger partial charge in [-0.3, -0.25) is 4.79 Å². The van der Waals surface area contributed by atoms with Crippen LogP contribution in [0.3, 0.4) is 0 Å². The summed E-state index contributed by atoms with van der Waals surface area (Å²) < 4.78 is 37.7. The normalized spacial score (nSPS) is 16.7. The van der Waals surface area contributed by atoms with Gasteiger partial charge in [0.25, 0.3) is 0 Å². The van der Waals surface area contributed by atoms with Gasteiger partial charge in [-0.2, -0.15) is 13.2 Å². The number of carbonyl (C=O) groups is 1. The van der Waals surface area contributed by atoms with E-state index in [-0.39, 0.29) is 11.3 Å². The first-order valence-electron chi connectivity index (χ1n) is 5.35. The summed E-state index contributed by atoms with van der Waals surface area (Å²) in [5, 5.41) is 0. The van der Waals surface area contributed by atoms with Crippen molar-refractivity contribution in [1.29, 1.82) is 0 Å². The quantitative estimate of drug-likeness (QED) is 0.697. The van der Waals surface area contributed by atoms with Crippen LogP contribution in [0.2, 0.25) is 0 Å². The number of ketones is 1. The molecule has 0 atom stereocenters. The van der Waals surface area contributed by atoms with Crippen LogP contribution in [0.4, 0.5) is 18.9 Å². The lowest BCUT2D eigenvalue weighted by Gasteiger charge is -2.19. The first-order chi connectivity index (χ1) is 7.89. The monoisotopic (exact) mass is 243 g/mol. The molecule has 92 valence electrons. The zero-order valence-electron chi connectivity index (χ0n) is 9.34. The summed E-state index contributed by atoms with van der Waals surface area (Å²) in [5.74, 6) is -0.213. The van der Waals surface area contributed by atoms with Crippen LogP contribution in [0.15, 0.2) is 18.2 Å². The van der Waals surface area contributed by atoms with E-state index in [1.54, 1.807) is 7.05 Å². The number of halogens is 3. The molecule has 17 heavy (non-hydrogen) atoms. The number of alkyl halides is 3. The van der Waals surface area contributed by atoms with Gasteiger partial charge in [0, 0.05) is 31.3 Å². The lowest BCUT2D eigenvalue weighted by atomic mass is 10.0. The minimum absolute atomic E-state index is 0.180. The fourth-order valence-electron chi connectivity index (χ4n) is 2.00. The first-order valence-corrected chi connectivity index (χ1v) is 5.35. The molecule has 1 heterocycles. The Labute approximate surface area is 97.0 Å². The zero-order valence-corrected chi connectivity index (χ0v) is 9.34. The molecule has 0 radical (unpaired) electrons. The molecule has 0 aromatic heterocycles. The number of benzene rings is 1. The van der Waals surface area contributed by atoms with Crippen molar-refractivity contribution in [3.63, 3.8) is 0 Å².